The summed E-state index contributed by atoms with van der Waals surface area (Å²) in [7, 11) is 1.65. The van der Waals surface area contributed by atoms with Gasteiger partial charge in [0.15, 0.2) is 5.78 Å². The number of carbonyl (C=O) groups is 1. The first-order chi connectivity index (χ1) is 12.9. The van der Waals surface area contributed by atoms with Crippen LogP contribution in [-0.2, 0) is 4.79 Å². The highest BCUT2D eigenvalue weighted by Gasteiger charge is 2.38. The van der Waals surface area contributed by atoms with Gasteiger partial charge in [0, 0.05) is 17.7 Å². The molecule has 0 spiro atoms. The van der Waals surface area contributed by atoms with Crippen LogP contribution in [0.15, 0.2) is 58.2 Å². The van der Waals surface area contributed by atoms with Crippen LogP contribution in [-0.4, -0.2) is 12.9 Å². The summed E-state index contributed by atoms with van der Waals surface area (Å²) in [4.78, 5) is 13.2. The third-order valence-corrected chi connectivity index (χ3v) is 5.85. The van der Waals surface area contributed by atoms with Crippen LogP contribution in [0.25, 0.3) is 0 Å². The minimum absolute atomic E-state index is 0.0484. The van der Waals surface area contributed by atoms with E-state index in [0.717, 1.165) is 44.9 Å². The number of fused-ring (bicyclic) bond motifs is 1. The SMILES string of the molecule is COc1ccc(C2Nc3ccccc3NC3=C2C(=O)CC(C)(C)C3)cc1Br. The molecule has 0 saturated heterocycles. The van der Waals surface area contributed by atoms with Gasteiger partial charge in [-0.2, -0.15) is 0 Å². The highest BCUT2D eigenvalue weighted by Crippen LogP contribution is 2.46. The van der Waals surface area contributed by atoms with Crippen LogP contribution in [0.5, 0.6) is 5.75 Å². The number of Topliss-reactive ketones (excluding diaryl/α,β-unsaturated/α-hetero) is 1. The zero-order valence-electron chi connectivity index (χ0n) is 15.7. The average Bonchev–Trinajstić information content (AvgIpc) is 2.77. The lowest BCUT2D eigenvalue weighted by atomic mass is 9.73. The summed E-state index contributed by atoms with van der Waals surface area (Å²) in [5, 5.41) is 7.14. The van der Waals surface area contributed by atoms with Crippen molar-refractivity contribution in [2.45, 2.75) is 32.7 Å². The molecule has 27 heavy (non-hydrogen) atoms. The third-order valence-electron chi connectivity index (χ3n) is 5.23. The van der Waals surface area contributed by atoms with Crippen molar-refractivity contribution >= 4 is 33.1 Å². The molecule has 140 valence electrons. The van der Waals surface area contributed by atoms with Crippen LogP contribution < -0.4 is 15.4 Å². The van der Waals surface area contributed by atoms with E-state index in [9.17, 15) is 4.79 Å². The van der Waals surface area contributed by atoms with Crippen molar-refractivity contribution in [2.75, 3.05) is 17.7 Å². The maximum absolute atomic E-state index is 13.2. The van der Waals surface area contributed by atoms with Gasteiger partial charge in [0.25, 0.3) is 0 Å². The van der Waals surface area contributed by atoms with Gasteiger partial charge in [0.2, 0.25) is 0 Å². The van der Waals surface area contributed by atoms with Crippen molar-refractivity contribution < 1.29 is 9.53 Å². The Bertz CT molecular complexity index is 949. The number of hydrogen-bond donors (Lipinski definition) is 2. The lowest BCUT2D eigenvalue weighted by Crippen LogP contribution is -2.31. The van der Waals surface area contributed by atoms with Crippen molar-refractivity contribution in [2.24, 2.45) is 5.41 Å². The van der Waals surface area contributed by atoms with Crippen LogP contribution >= 0.6 is 15.9 Å². The Kier molecular flexibility index (Phi) is 4.50. The number of methoxy groups -OCH3 is 1. The van der Waals surface area contributed by atoms with Crippen LogP contribution in [0.1, 0.15) is 38.3 Å². The van der Waals surface area contributed by atoms with Crippen molar-refractivity contribution in [3.8, 4) is 5.75 Å². The maximum atomic E-state index is 13.2. The van der Waals surface area contributed by atoms with Crippen molar-refractivity contribution in [1.29, 1.82) is 0 Å². The Hall–Kier alpha value is -2.27. The molecule has 0 saturated carbocycles. The summed E-state index contributed by atoms with van der Waals surface area (Å²) in [6, 6.07) is 13.9. The summed E-state index contributed by atoms with van der Waals surface area (Å²) in [6.45, 7) is 4.30. The molecule has 4 rings (SSSR count). The Labute approximate surface area is 168 Å². The van der Waals surface area contributed by atoms with Crippen LogP contribution in [0.3, 0.4) is 0 Å². The number of para-hydroxylation sites is 2. The fourth-order valence-corrected chi connectivity index (χ4v) is 4.56. The summed E-state index contributed by atoms with van der Waals surface area (Å²) < 4.78 is 6.24. The highest BCUT2D eigenvalue weighted by atomic mass is 79.9. The fourth-order valence-electron chi connectivity index (χ4n) is 4.00. The quantitative estimate of drug-likeness (QED) is 0.648. The predicted molar refractivity (Wildman–Crippen MR) is 112 cm³/mol. The average molecular weight is 427 g/mol. The normalized spacial score (nSPS) is 20.7. The molecule has 0 bridgehead atoms. The van der Waals surface area contributed by atoms with Gasteiger partial charge in [-0.3, -0.25) is 4.79 Å². The molecule has 2 N–H and O–H groups in total. The standard InChI is InChI=1S/C22H23BrN2O2/c1-22(2)11-17-20(18(26)12-22)21(13-8-9-19(27-3)14(23)10-13)25-16-7-5-4-6-15(16)24-17/h4-10,21,24-25H,11-12H2,1-3H3. The monoisotopic (exact) mass is 426 g/mol. The van der Waals surface area contributed by atoms with Crippen molar-refractivity contribution in [3.05, 3.63) is 63.8 Å². The predicted octanol–water partition coefficient (Wildman–Crippen LogP) is 5.68. The van der Waals surface area contributed by atoms with E-state index >= 15 is 0 Å². The minimum atomic E-state index is -0.207. The summed E-state index contributed by atoms with van der Waals surface area (Å²) in [5.41, 5.74) is 4.84. The molecule has 4 nitrogen and oxygen atoms in total. The molecule has 1 unspecified atom stereocenters. The van der Waals surface area contributed by atoms with E-state index in [0.29, 0.717) is 6.42 Å². The topological polar surface area (TPSA) is 50.4 Å². The van der Waals surface area contributed by atoms with Crippen molar-refractivity contribution in [1.82, 2.24) is 0 Å². The number of nitrogens with one attached hydrogen (secondary N) is 2. The molecule has 1 aliphatic carbocycles. The molecule has 1 aliphatic heterocycles. The van der Waals surface area contributed by atoms with Gasteiger partial charge >= 0.3 is 0 Å². The first-order valence-electron chi connectivity index (χ1n) is 9.10. The second-order valence-corrected chi connectivity index (χ2v) is 8.83. The molecule has 2 aromatic carbocycles. The Morgan fingerprint density at radius 1 is 1.11 bits per heavy atom. The zero-order chi connectivity index (χ0) is 19.2. The summed E-state index contributed by atoms with van der Waals surface area (Å²) in [6.07, 6.45) is 1.40. The molecular formula is C22H23BrN2O2. The number of rotatable bonds is 2. The molecule has 0 fully saturated rings. The fraction of sp³-hybridized carbons (Fsp3) is 0.318. The van der Waals surface area contributed by atoms with Crippen molar-refractivity contribution in [3.63, 3.8) is 0 Å². The second kappa shape index (κ2) is 6.71. The molecule has 1 heterocycles. The summed E-state index contributed by atoms with van der Waals surface area (Å²) >= 11 is 3.58. The Morgan fingerprint density at radius 2 is 1.85 bits per heavy atom. The van der Waals surface area contributed by atoms with Gasteiger partial charge in [0.05, 0.1) is 29.0 Å². The van der Waals surface area contributed by atoms with E-state index in [4.69, 9.17) is 4.74 Å². The molecule has 0 amide bonds. The molecule has 0 radical (unpaired) electrons. The number of ketones is 1. The number of anilines is 2. The van der Waals surface area contributed by atoms with E-state index < -0.39 is 0 Å². The number of carbonyl (C=O) groups excluding carboxylic acids is 1. The van der Waals surface area contributed by atoms with Crippen LogP contribution in [0, 0.1) is 5.41 Å². The minimum Gasteiger partial charge on any atom is -0.496 e. The smallest absolute Gasteiger partial charge is 0.163 e. The van der Waals surface area contributed by atoms with E-state index in [-0.39, 0.29) is 17.2 Å². The van der Waals surface area contributed by atoms with Gasteiger partial charge in [-0.25, -0.2) is 0 Å². The lowest BCUT2D eigenvalue weighted by molar-refractivity contribution is -0.118. The van der Waals surface area contributed by atoms with Crippen LogP contribution in [0.4, 0.5) is 11.4 Å². The number of benzene rings is 2. The van der Waals surface area contributed by atoms with E-state index in [1.54, 1.807) is 7.11 Å². The molecular weight excluding hydrogens is 404 g/mol. The molecule has 5 heteroatoms. The van der Waals surface area contributed by atoms with Gasteiger partial charge in [0.1, 0.15) is 5.75 Å². The Morgan fingerprint density at radius 3 is 2.56 bits per heavy atom. The highest BCUT2D eigenvalue weighted by molar-refractivity contribution is 9.10. The second-order valence-electron chi connectivity index (χ2n) is 7.98. The maximum Gasteiger partial charge on any atom is 0.163 e. The number of halogens is 1. The van der Waals surface area contributed by atoms with Gasteiger partial charge in [-0.15, -0.1) is 0 Å². The van der Waals surface area contributed by atoms with E-state index in [1.165, 1.54) is 0 Å². The number of allylic oxidation sites excluding steroid dienone is 1. The van der Waals surface area contributed by atoms with Gasteiger partial charge in [-0.05, 0) is 57.6 Å². The first kappa shape index (κ1) is 18.1. The molecule has 2 aromatic rings. The number of hydrogen-bond acceptors (Lipinski definition) is 4. The first-order valence-corrected chi connectivity index (χ1v) is 9.89. The lowest BCUT2D eigenvalue weighted by Gasteiger charge is -2.34. The van der Waals surface area contributed by atoms with Crippen LogP contribution in [0.2, 0.25) is 0 Å². The van der Waals surface area contributed by atoms with Gasteiger partial charge < -0.3 is 15.4 Å². The number of ether oxygens (including phenoxy) is 1. The molecule has 0 aromatic heterocycles. The summed E-state index contributed by atoms with van der Waals surface area (Å²) in [5.74, 6) is 0.974. The van der Waals surface area contributed by atoms with Gasteiger partial charge in [-0.1, -0.05) is 32.0 Å². The van der Waals surface area contributed by atoms with E-state index in [2.05, 4.69) is 40.4 Å². The third kappa shape index (κ3) is 3.36. The largest absolute Gasteiger partial charge is 0.496 e. The zero-order valence-corrected chi connectivity index (χ0v) is 17.3. The molecule has 2 aliphatic rings. The molecule has 1 atom stereocenters. The van der Waals surface area contributed by atoms with E-state index in [1.807, 2.05) is 42.5 Å². The Balaban J connectivity index is 1.87.